The van der Waals surface area contributed by atoms with Crippen LogP contribution in [0.2, 0.25) is 0 Å². The molecule has 0 aliphatic heterocycles. The van der Waals surface area contributed by atoms with Crippen molar-refractivity contribution in [3.63, 3.8) is 0 Å². The number of carbonyl (C=O) groups is 4. The van der Waals surface area contributed by atoms with Gasteiger partial charge in [0.2, 0.25) is 0 Å². The summed E-state index contributed by atoms with van der Waals surface area (Å²) in [6, 6.07) is 22.3. The summed E-state index contributed by atoms with van der Waals surface area (Å²) in [6.45, 7) is 6.17. The third-order valence-electron chi connectivity index (χ3n) is 10.2. The monoisotopic (exact) mass is 876 g/mol. The largest absolute Gasteiger partial charge is 0.507 e. The quantitative estimate of drug-likeness (QED) is 0.146. The van der Waals surface area contributed by atoms with Crippen LogP contribution in [-0.2, 0) is 44.7 Å². The van der Waals surface area contributed by atoms with Crippen molar-refractivity contribution in [3.8, 4) is 11.5 Å². The van der Waals surface area contributed by atoms with Crippen molar-refractivity contribution in [2.24, 2.45) is 0 Å². The number of aromatic hydroxyl groups is 1. The molecular formula is C43H46Br2N2O8. The van der Waals surface area contributed by atoms with Crippen molar-refractivity contribution >= 4 is 55.6 Å². The summed E-state index contributed by atoms with van der Waals surface area (Å²) in [4.78, 5) is 51.4. The van der Waals surface area contributed by atoms with Gasteiger partial charge in [-0.15, -0.1) is 0 Å². The first kappa shape index (κ1) is 41.5. The zero-order valence-electron chi connectivity index (χ0n) is 31.6. The molecule has 0 bridgehead atoms. The first-order valence-corrected chi connectivity index (χ1v) is 19.7. The molecule has 0 spiro atoms. The summed E-state index contributed by atoms with van der Waals surface area (Å²) in [5.74, 6) is -1.24. The molecule has 4 aromatic carbocycles. The molecule has 0 saturated carbocycles. The SMILES string of the molecule is CCCOc1c(C)cccc1C(=O)NC1(C(=O)OC)CCc2cc(Br)ccc2C1.COC(=O)C1(NC(=O)c2cccc(C)c2O)CCc2cc(Br)ccc2C1. The number of amides is 2. The second kappa shape index (κ2) is 17.8. The van der Waals surface area contributed by atoms with E-state index in [0.717, 1.165) is 37.6 Å². The lowest BCUT2D eigenvalue weighted by molar-refractivity contribution is -0.149. The van der Waals surface area contributed by atoms with Crippen molar-refractivity contribution in [1.82, 2.24) is 10.6 Å². The minimum atomic E-state index is -1.15. The zero-order valence-corrected chi connectivity index (χ0v) is 34.8. The number of esters is 2. The van der Waals surface area contributed by atoms with Crippen molar-refractivity contribution < 1.29 is 38.5 Å². The number of fused-ring (bicyclic) bond motifs is 2. The number of nitrogens with one attached hydrogen (secondary N) is 2. The average Bonchev–Trinajstić information content (AvgIpc) is 3.18. The number of hydrogen-bond donors (Lipinski definition) is 3. The highest BCUT2D eigenvalue weighted by Gasteiger charge is 2.45. The molecule has 0 heterocycles. The fraction of sp³-hybridized carbons (Fsp3) is 0.349. The first-order chi connectivity index (χ1) is 26.3. The summed E-state index contributed by atoms with van der Waals surface area (Å²) < 4.78 is 17.9. The normalized spacial score (nSPS) is 18.3. The van der Waals surface area contributed by atoms with Crippen molar-refractivity contribution in [2.75, 3.05) is 20.8 Å². The summed E-state index contributed by atoms with van der Waals surface area (Å²) >= 11 is 6.95. The van der Waals surface area contributed by atoms with Gasteiger partial charge in [-0.25, -0.2) is 9.59 Å². The van der Waals surface area contributed by atoms with Gasteiger partial charge in [0.15, 0.2) is 0 Å². The number of aryl methyl sites for hydroxylation is 4. The van der Waals surface area contributed by atoms with Gasteiger partial charge in [0.05, 0.1) is 32.0 Å². The number of halogens is 2. The molecule has 6 rings (SSSR count). The van der Waals surface area contributed by atoms with Gasteiger partial charge in [-0.2, -0.15) is 0 Å². The Bertz CT molecular complexity index is 2100. The third kappa shape index (κ3) is 9.24. The van der Waals surface area contributed by atoms with Gasteiger partial charge in [0.25, 0.3) is 11.8 Å². The number of benzene rings is 4. The van der Waals surface area contributed by atoms with Crippen LogP contribution in [0.15, 0.2) is 81.7 Å². The highest BCUT2D eigenvalue weighted by molar-refractivity contribution is 9.10. The van der Waals surface area contributed by atoms with Gasteiger partial charge in [-0.05, 0) is 116 Å². The third-order valence-corrected chi connectivity index (χ3v) is 11.2. The Morgan fingerprint density at radius 3 is 1.65 bits per heavy atom. The van der Waals surface area contributed by atoms with E-state index in [-0.39, 0.29) is 17.2 Å². The van der Waals surface area contributed by atoms with Crippen LogP contribution in [0.3, 0.4) is 0 Å². The Balaban J connectivity index is 0.000000212. The van der Waals surface area contributed by atoms with Crippen LogP contribution < -0.4 is 15.4 Å². The van der Waals surface area contributed by atoms with Gasteiger partial charge in [0, 0.05) is 21.8 Å². The first-order valence-electron chi connectivity index (χ1n) is 18.1. The van der Waals surface area contributed by atoms with Crippen molar-refractivity contribution in [2.45, 2.75) is 76.8 Å². The standard InChI is InChI=1S/C23H26BrNO4.C20H20BrNO4/c1-4-12-29-20-15(2)6-5-7-19(20)21(26)25-23(22(27)28-3)11-10-16-13-18(24)9-8-17(16)14-23;1-12-4-3-5-16(17(12)23)18(24)22-20(19(25)26-2)9-8-13-10-15(21)7-6-14(13)11-20/h5-9,13H,4,10-12,14H2,1-3H3,(H,25,26);3-7,10,23H,8-9,11H2,1-2H3,(H,22,24). The highest BCUT2D eigenvalue weighted by atomic mass is 79.9. The number of para-hydroxylation sites is 2. The highest BCUT2D eigenvalue weighted by Crippen LogP contribution is 2.35. The Morgan fingerprint density at radius 1 is 0.691 bits per heavy atom. The molecule has 55 heavy (non-hydrogen) atoms. The van der Waals surface area contributed by atoms with Gasteiger partial charge in [-0.3, -0.25) is 9.59 Å². The molecule has 2 atom stereocenters. The smallest absolute Gasteiger partial charge is 0.331 e. The predicted molar refractivity (Wildman–Crippen MR) is 217 cm³/mol. The fourth-order valence-electron chi connectivity index (χ4n) is 7.22. The summed E-state index contributed by atoms with van der Waals surface area (Å²) in [5.41, 5.74) is 4.18. The van der Waals surface area contributed by atoms with Crippen molar-refractivity contribution in [1.29, 1.82) is 0 Å². The fourth-order valence-corrected chi connectivity index (χ4v) is 8.03. The summed E-state index contributed by atoms with van der Waals surface area (Å²) in [7, 11) is 2.67. The Hall–Kier alpha value is -4.68. The minimum absolute atomic E-state index is 0.0786. The Morgan fingerprint density at radius 2 is 1.16 bits per heavy atom. The van der Waals surface area contributed by atoms with E-state index in [9.17, 15) is 24.3 Å². The topological polar surface area (TPSA) is 140 Å². The van der Waals surface area contributed by atoms with E-state index >= 15 is 0 Å². The van der Waals surface area contributed by atoms with Gasteiger partial charge in [-0.1, -0.05) is 75.2 Å². The zero-order chi connectivity index (χ0) is 39.9. The number of rotatable bonds is 9. The average molecular weight is 879 g/mol. The number of phenols is 1. The number of hydrogen-bond acceptors (Lipinski definition) is 8. The number of ether oxygens (including phenoxy) is 3. The predicted octanol–water partition coefficient (Wildman–Crippen LogP) is 7.67. The molecule has 2 unspecified atom stereocenters. The molecule has 0 fully saturated rings. The molecule has 0 radical (unpaired) electrons. The second-order valence-corrected chi connectivity index (χ2v) is 15.8. The Kier molecular flexibility index (Phi) is 13.5. The molecular weight excluding hydrogens is 832 g/mol. The maximum atomic E-state index is 13.2. The molecule has 2 aliphatic rings. The lowest BCUT2D eigenvalue weighted by atomic mass is 9.77. The number of phenolic OH excluding ortho intramolecular Hbond substituents is 1. The van der Waals surface area contributed by atoms with Gasteiger partial charge < -0.3 is 30.0 Å². The van der Waals surface area contributed by atoms with Crippen LogP contribution >= 0.6 is 31.9 Å². The van der Waals surface area contributed by atoms with Crippen LogP contribution in [0.1, 0.15) is 80.3 Å². The Labute approximate surface area is 338 Å². The van der Waals surface area contributed by atoms with Crippen LogP contribution in [0.5, 0.6) is 11.5 Å². The lowest BCUT2D eigenvalue weighted by Crippen LogP contribution is -2.58. The van der Waals surface area contributed by atoms with Crippen molar-refractivity contribution in [3.05, 3.63) is 126 Å². The molecule has 10 nitrogen and oxygen atoms in total. The number of carbonyl (C=O) groups excluding carboxylic acids is 4. The van der Waals surface area contributed by atoms with E-state index in [0.29, 0.717) is 62.0 Å². The van der Waals surface area contributed by atoms with E-state index in [1.807, 2.05) is 56.3 Å². The van der Waals surface area contributed by atoms with Crippen LogP contribution in [0.25, 0.3) is 0 Å². The molecule has 2 amide bonds. The maximum Gasteiger partial charge on any atom is 0.331 e. The van der Waals surface area contributed by atoms with E-state index < -0.39 is 28.9 Å². The van der Waals surface area contributed by atoms with Crippen LogP contribution in [0, 0.1) is 13.8 Å². The van der Waals surface area contributed by atoms with E-state index in [1.54, 1.807) is 25.1 Å². The summed E-state index contributed by atoms with van der Waals surface area (Å²) in [5, 5.41) is 16.0. The van der Waals surface area contributed by atoms with Gasteiger partial charge >= 0.3 is 11.9 Å². The molecule has 3 N–H and O–H groups in total. The molecule has 4 aromatic rings. The van der Waals surface area contributed by atoms with E-state index in [1.165, 1.54) is 25.8 Å². The van der Waals surface area contributed by atoms with Gasteiger partial charge in [0.1, 0.15) is 22.6 Å². The van der Waals surface area contributed by atoms with E-state index in [2.05, 4.69) is 48.6 Å². The molecule has 0 saturated heterocycles. The molecule has 12 heteroatoms. The number of methoxy groups -OCH3 is 2. The van der Waals surface area contributed by atoms with Crippen LogP contribution in [0.4, 0.5) is 0 Å². The lowest BCUT2D eigenvalue weighted by Gasteiger charge is -2.36. The minimum Gasteiger partial charge on any atom is -0.507 e. The van der Waals surface area contributed by atoms with Crippen LogP contribution in [-0.4, -0.2) is 60.8 Å². The maximum absolute atomic E-state index is 13.2. The second-order valence-electron chi connectivity index (χ2n) is 14.0. The summed E-state index contributed by atoms with van der Waals surface area (Å²) in [6.07, 6.45) is 3.81. The molecule has 0 aromatic heterocycles. The van der Waals surface area contributed by atoms with E-state index in [4.69, 9.17) is 14.2 Å². The molecule has 290 valence electrons. The molecule has 2 aliphatic carbocycles.